The first kappa shape index (κ1) is 12.7. The molecule has 3 heteroatoms. The molecular weight excluding hydrogens is 250 g/mol. The van der Waals surface area contributed by atoms with Gasteiger partial charge in [-0.25, -0.2) is 0 Å². The Kier molecular flexibility index (Phi) is 3.42. The second-order valence-corrected chi connectivity index (χ2v) is 5.00. The number of hydrogen-bond acceptors (Lipinski definition) is 2. The molecule has 0 bridgehead atoms. The van der Waals surface area contributed by atoms with E-state index in [4.69, 9.17) is 4.74 Å². The predicted octanol–water partition coefficient (Wildman–Crippen LogP) is 3.11. The zero-order valence-corrected chi connectivity index (χ0v) is 11.4. The molecule has 0 saturated carbocycles. The Labute approximate surface area is 118 Å². The fourth-order valence-electron chi connectivity index (χ4n) is 2.71. The summed E-state index contributed by atoms with van der Waals surface area (Å²) in [7, 11) is 1.60. The minimum absolute atomic E-state index is 0.0504. The molecule has 1 N–H and O–H groups in total. The summed E-state index contributed by atoms with van der Waals surface area (Å²) in [6.07, 6.45) is 1.99. The molecule has 1 aliphatic rings. The van der Waals surface area contributed by atoms with Crippen molar-refractivity contribution in [2.24, 2.45) is 0 Å². The smallest absolute Gasteiger partial charge is 0.251 e. The van der Waals surface area contributed by atoms with Gasteiger partial charge in [0.25, 0.3) is 5.91 Å². The van der Waals surface area contributed by atoms with Crippen molar-refractivity contribution in [3.63, 3.8) is 0 Å². The van der Waals surface area contributed by atoms with E-state index in [2.05, 4.69) is 17.4 Å². The largest absolute Gasteiger partial charge is 0.497 e. The molecule has 1 amide bonds. The van der Waals surface area contributed by atoms with Crippen molar-refractivity contribution in [3.05, 3.63) is 65.2 Å². The second-order valence-electron chi connectivity index (χ2n) is 5.00. The number of nitrogens with one attached hydrogen (secondary N) is 1. The lowest BCUT2D eigenvalue weighted by molar-refractivity contribution is 0.0936. The van der Waals surface area contributed by atoms with Crippen LogP contribution in [0.25, 0.3) is 0 Å². The number of amides is 1. The molecule has 0 heterocycles. The van der Waals surface area contributed by atoms with Crippen LogP contribution in [0.15, 0.2) is 48.5 Å². The number of benzene rings is 2. The first-order valence-corrected chi connectivity index (χ1v) is 6.80. The molecule has 0 fully saturated rings. The third-order valence-electron chi connectivity index (χ3n) is 3.77. The van der Waals surface area contributed by atoms with Crippen molar-refractivity contribution in [2.45, 2.75) is 18.9 Å². The van der Waals surface area contributed by atoms with Crippen molar-refractivity contribution >= 4 is 5.91 Å². The van der Waals surface area contributed by atoms with E-state index in [9.17, 15) is 4.79 Å². The Morgan fingerprint density at radius 3 is 2.90 bits per heavy atom. The highest BCUT2D eigenvalue weighted by atomic mass is 16.5. The Balaban J connectivity index is 1.77. The normalized spacial score (nSPS) is 16.6. The summed E-state index contributed by atoms with van der Waals surface area (Å²) in [6.45, 7) is 0. The first-order valence-electron chi connectivity index (χ1n) is 6.80. The lowest BCUT2D eigenvalue weighted by atomic mass is 10.1. The van der Waals surface area contributed by atoms with Gasteiger partial charge in [0.15, 0.2) is 0 Å². The molecule has 0 radical (unpaired) electrons. The van der Waals surface area contributed by atoms with E-state index in [1.54, 1.807) is 19.2 Å². The minimum atomic E-state index is -0.0504. The van der Waals surface area contributed by atoms with Gasteiger partial charge in [0, 0.05) is 5.56 Å². The van der Waals surface area contributed by atoms with Crippen LogP contribution in [0.1, 0.15) is 33.9 Å². The van der Waals surface area contributed by atoms with Crippen LogP contribution in [0.2, 0.25) is 0 Å². The molecule has 3 nitrogen and oxygen atoms in total. The zero-order chi connectivity index (χ0) is 13.9. The number of rotatable bonds is 3. The van der Waals surface area contributed by atoms with Crippen molar-refractivity contribution < 1.29 is 9.53 Å². The number of fused-ring (bicyclic) bond motifs is 1. The van der Waals surface area contributed by atoms with E-state index in [0.717, 1.165) is 12.8 Å². The summed E-state index contributed by atoms with van der Waals surface area (Å²) in [5, 5.41) is 3.11. The third-order valence-corrected chi connectivity index (χ3v) is 3.77. The highest BCUT2D eigenvalue weighted by molar-refractivity contribution is 5.94. The summed E-state index contributed by atoms with van der Waals surface area (Å²) in [5.74, 6) is 0.648. The molecule has 0 saturated heterocycles. The van der Waals surface area contributed by atoms with Gasteiger partial charge >= 0.3 is 0 Å². The topological polar surface area (TPSA) is 38.3 Å². The van der Waals surface area contributed by atoms with Crippen LogP contribution in [0.3, 0.4) is 0 Å². The van der Waals surface area contributed by atoms with Gasteiger partial charge in [0.2, 0.25) is 0 Å². The molecule has 1 atom stereocenters. The highest BCUT2D eigenvalue weighted by Gasteiger charge is 2.23. The maximum absolute atomic E-state index is 12.3. The SMILES string of the molecule is COc1cccc(C(=O)N[C@H]2CCc3ccccc32)c1. The minimum Gasteiger partial charge on any atom is -0.497 e. The molecule has 3 rings (SSSR count). The lowest BCUT2D eigenvalue weighted by Gasteiger charge is -2.14. The van der Waals surface area contributed by atoms with Crippen molar-refractivity contribution in [2.75, 3.05) is 7.11 Å². The second kappa shape index (κ2) is 5.37. The fraction of sp³-hybridized carbons (Fsp3) is 0.235. The molecule has 2 aromatic carbocycles. The van der Waals surface area contributed by atoms with E-state index in [0.29, 0.717) is 11.3 Å². The van der Waals surface area contributed by atoms with Crippen LogP contribution < -0.4 is 10.1 Å². The lowest BCUT2D eigenvalue weighted by Crippen LogP contribution is -2.27. The highest BCUT2D eigenvalue weighted by Crippen LogP contribution is 2.30. The number of hydrogen-bond donors (Lipinski definition) is 1. The van der Waals surface area contributed by atoms with E-state index in [1.807, 2.05) is 24.3 Å². The van der Waals surface area contributed by atoms with Crippen molar-refractivity contribution in [1.29, 1.82) is 0 Å². The van der Waals surface area contributed by atoms with Gasteiger partial charge in [0.05, 0.1) is 13.2 Å². The average molecular weight is 267 g/mol. The third kappa shape index (κ3) is 2.39. The summed E-state index contributed by atoms with van der Waals surface area (Å²) < 4.78 is 5.15. The van der Waals surface area contributed by atoms with Crippen LogP contribution in [-0.4, -0.2) is 13.0 Å². The van der Waals surface area contributed by atoms with Crippen LogP contribution in [0.4, 0.5) is 0 Å². The standard InChI is InChI=1S/C17H17NO2/c1-20-14-7-4-6-13(11-14)17(19)18-16-10-9-12-5-2-3-8-15(12)16/h2-8,11,16H,9-10H2,1H3,(H,18,19)/t16-/m0/s1. The summed E-state index contributed by atoms with van der Waals surface area (Å²) in [5.41, 5.74) is 3.21. The molecule has 0 unspecified atom stereocenters. The number of carbonyl (C=O) groups excluding carboxylic acids is 1. The van der Waals surface area contributed by atoms with Gasteiger partial charge in [-0.05, 0) is 42.2 Å². The maximum Gasteiger partial charge on any atom is 0.251 e. The maximum atomic E-state index is 12.3. The van der Waals surface area contributed by atoms with Crippen molar-refractivity contribution in [1.82, 2.24) is 5.32 Å². The average Bonchev–Trinajstić information content (AvgIpc) is 2.90. The number of aryl methyl sites for hydroxylation is 1. The fourth-order valence-corrected chi connectivity index (χ4v) is 2.71. The molecule has 0 aliphatic heterocycles. The van der Waals surface area contributed by atoms with Crippen LogP contribution in [0.5, 0.6) is 5.75 Å². The molecule has 0 spiro atoms. The van der Waals surface area contributed by atoms with Gasteiger partial charge in [-0.15, -0.1) is 0 Å². The summed E-state index contributed by atoms with van der Waals surface area (Å²) in [6, 6.07) is 15.6. The molecule has 102 valence electrons. The number of methoxy groups -OCH3 is 1. The quantitative estimate of drug-likeness (QED) is 0.928. The van der Waals surface area contributed by atoms with E-state index < -0.39 is 0 Å². The molecule has 20 heavy (non-hydrogen) atoms. The first-order chi connectivity index (χ1) is 9.78. The number of ether oxygens (including phenoxy) is 1. The van der Waals surface area contributed by atoms with Gasteiger partial charge in [-0.3, -0.25) is 4.79 Å². The van der Waals surface area contributed by atoms with Gasteiger partial charge in [0.1, 0.15) is 5.75 Å². The van der Waals surface area contributed by atoms with E-state index in [-0.39, 0.29) is 11.9 Å². The predicted molar refractivity (Wildman–Crippen MR) is 78.0 cm³/mol. The van der Waals surface area contributed by atoms with Gasteiger partial charge in [-0.2, -0.15) is 0 Å². The van der Waals surface area contributed by atoms with Crippen LogP contribution in [-0.2, 0) is 6.42 Å². The van der Waals surface area contributed by atoms with E-state index in [1.165, 1.54) is 11.1 Å². The van der Waals surface area contributed by atoms with Gasteiger partial charge in [-0.1, -0.05) is 30.3 Å². The summed E-state index contributed by atoms with van der Waals surface area (Å²) in [4.78, 5) is 12.3. The molecule has 1 aliphatic carbocycles. The number of carbonyl (C=O) groups is 1. The Morgan fingerprint density at radius 2 is 2.05 bits per heavy atom. The van der Waals surface area contributed by atoms with Crippen LogP contribution in [0, 0.1) is 0 Å². The molecular formula is C17H17NO2. The molecule has 0 aromatic heterocycles. The van der Waals surface area contributed by atoms with Crippen LogP contribution >= 0.6 is 0 Å². The Hall–Kier alpha value is -2.29. The van der Waals surface area contributed by atoms with Gasteiger partial charge < -0.3 is 10.1 Å². The molecule has 2 aromatic rings. The van der Waals surface area contributed by atoms with E-state index >= 15 is 0 Å². The zero-order valence-electron chi connectivity index (χ0n) is 11.4. The summed E-state index contributed by atoms with van der Waals surface area (Å²) >= 11 is 0. The van der Waals surface area contributed by atoms with Crippen molar-refractivity contribution in [3.8, 4) is 5.75 Å². The Bertz CT molecular complexity index is 636. The Morgan fingerprint density at radius 1 is 1.20 bits per heavy atom. The monoisotopic (exact) mass is 267 g/mol.